The molecule has 1 aromatic rings. The Balaban J connectivity index is 3.01. The van der Waals surface area contributed by atoms with Gasteiger partial charge in [0.05, 0.1) is 0 Å². The molecule has 9 heteroatoms. The molecule has 0 spiro atoms. The van der Waals surface area contributed by atoms with Crippen LogP contribution >= 0.6 is 11.8 Å². The summed E-state index contributed by atoms with van der Waals surface area (Å²) < 4.78 is 88.5. The monoisotopic (exact) mass is 280 g/mol. The third-order valence-corrected chi connectivity index (χ3v) is 2.12. The van der Waals surface area contributed by atoms with Crippen molar-refractivity contribution in [1.29, 1.82) is 0 Å². The van der Waals surface area contributed by atoms with E-state index in [9.17, 15) is 30.7 Å². The molecular weight excluding hydrogens is 277 g/mol. The number of rotatable bonds is 3. The van der Waals surface area contributed by atoms with E-state index < -0.39 is 46.2 Å². The first kappa shape index (κ1) is 13.9. The highest BCUT2D eigenvalue weighted by atomic mass is 32.2. The first-order valence-corrected chi connectivity index (χ1v) is 4.70. The lowest BCUT2D eigenvalue weighted by atomic mass is 10.3. The summed E-state index contributed by atoms with van der Waals surface area (Å²) in [5.41, 5.74) is -4.73. The molecule has 1 rings (SSSR count). The second-order valence-corrected chi connectivity index (χ2v) is 3.78. The zero-order chi connectivity index (χ0) is 13.2. The highest BCUT2D eigenvalue weighted by Crippen LogP contribution is 2.39. The van der Waals surface area contributed by atoms with Crippen LogP contribution in [0.3, 0.4) is 0 Å². The number of benzene rings is 1. The molecule has 0 heterocycles. The van der Waals surface area contributed by atoms with E-state index in [2.05, 4.69) is 4.74 Å². The van der Waals surface area contributed by atoms with Crippen LogP contribution < -0.4 is 4.74 Å². The smallest absolute Gasteiger partial charge is 0.429 e. The summed E-state index contributed by atoms with van der Waals surface area (Å²) in [5, 5.41) is 0. The van der Waals surface area contributed by atoms with Crippen LogP contribution in [0.1, 0.15) is 0 Å². The number of hydrogen-bond acceptors (Lipinski definition) is 2. The SMILES string of the molecule is Fc1cc(SC(F)(F)F)cc(F)c1OC(F)F. The molecular formula is C8H3F7OS. The molecule has 0 aliphatic rings. The van der Waals surface area contributed by atoms with Gasteiger partial charge in [-0.3, -0.25) is 0 Å². The van der Waals surface area contributed by atoms with Crippen LogP contribution in [-0.2, 0) is 0 Å². The van der Waals surface area contributed by atoms with Gasteiger partial charge in [-0.15, -0.1) is 0 Å². The normalized spacial score (nSPS) is 12.0. The first-order valence-electron chi connectivity index (χ1n) is 3.88. The predicted molar refractivity (Wildman–Crippen MR) is 44.9 cm³/mol. The minimum absolute atomic E-state index is 0.263. The van der Waals surface area contributed by atoms with E-state index in [1.54, 1.807) is 0 Å². The van der Waals surface area contributed by atoms with Gasteiger partial charge in [-0.1, -0.05) is 0 Å². The van der Waals surface area contributed by atoms with Gasteiger partial charge in [0.15, 0.2) is 17.4 Å². The van der Waals surface area contributed by atoms with E-state index in [1.807, 2.05) is 0 Å². The third kappa shape index (κ3) is 4.33. The van der Waals surface area contributed by atoms with E-state index in [0.717, 1.165) is 0 Å². The molecule has 0 saturated heterocycles. The summed E-state index contributed by atoms with van der Waals surface area (Å²) in [6, 6.07) is 0.526. The zero-order valence-corrected chi connectivity index (χ0v) is 8.51. The van der Waals surface area contributed by atoms with Gasteiger partial charge in [0.1, 0.15) is 0 Å². The fourth-order valence-corrected chi connectivity index (χ4v) is 1.52. The molecule has 0 aliphatic heterocycles. The van der Waals surface area contributed by atoms with Gasteiger partial charge in [-0.05, 0) is 23.9 Å². The number of hydrogen-bond donors (Lipinski definition) is 0. The summed E-state index contributed by atoms with van der Waals surface area (Å²) in [6.07, 6.45) is 0. The average Bonchev–Trinajstić information content (AvgIpc) is 2.08. The fraction of sp³-hybridized carbons (Fsp3) is 0.250. The lowest BCUT2D eigenvalue weighted by molar-refractivity contribution is -0.0548. The summed E-state index contributed by atoms with van der Waals surface area (Å²) in [6.45, 7) is -3.47. The maximum absolute atomic E-state index is 13.0. The molecule has 0 atom stereocenters. The molecule has 0 radical (unpaired) electrons. The number of thioether (sulfide) groups is 1. The van der Waals surface area contributed by atoms with Crippen LogP contribution in [0.5, 0.6) is 5.75 Å². The van der Waals surface area contributed by atoms with Gasteiger partial charge < -0.3 is 4.74 Å². The summed E-state index contributed by atoms with van der Waals surface area (Å²) in [5.74, 6) is -4.67. The maximum atomic E-state index is 13.0. The predicted octanol–water partition coefficient (Wildman–Crippen LogP) is 4.18. The molecule has 0 aromatic heterocycles. The molecule has 17 heavy (non-hydrogen) atoms. The topological polar surface area (TPSA) is 9.23 Å². The van der Waals surface area contributed by atoms with Gasteiger partial charge in [0.2, 0.25) is 0 Å². The van der Waals surface area contributed by atoms with Crippen LogP contribution in [0.2, 0.25) is 0 Å². The Kier molecular flexibility index (Phi) is 4.12. The van der Waals surface area contributed by atoms with Crippen molar-refractivity contribution in [2.75, 3.05) is 0 Å². The van der Waals surface area contributed by atoms with E-state index in [0.29, 0.717) is 0 Å². The lowest BCUT2D eigenvalue weighted by Gasteiger charge is -2.10. The molecule has 0 amide bonds. The summed E-state index contributed by atoms with van der Waals surface area (Å²) in [4.78, 5) is -0.797. The third-order valence-electron chi connectivity index (χ3n) is 1.41. The molecule has 1 aromatic carbocycles. The standard InChI is InChI=1S/C8H3F7OS/c9-4-1-3(17-8(13,14)15)2-5(10)6(4)16-7(11)12/h1-2,7H. The molecule has 1 nitrogen and oxygen atoms in total. The average molecular weight is 280 g/mol. The van der Waals surface area contributed by atoms with Crippen molar-refractivity contribution in [3.63, 3.8) is 0 Å². The Labute approximate surface area is 94.6 Å². The van der Waals surface area contributed by atoms with Crippen molar-refractivity contribution in [2.45, 2.75) is 17.0 Å². The van der Waals surface area contributed by atoms with Crippen LogP contribution in [-0.4, -0.2) is 12.1 Å². The number of halogens is 7. The first-order chi connectivity index (χ1) is 7.69. The van der Waals surface area contributed by atoms with E-state index >= 15 is 0 Å². The molecule has 0 bridgehead atoms. The Morgan fingerprint density at radius 1 is 1.06 bits per heavy atom. The van der Waals surface area contributed by atoms with Gasteiger partial charge >= 0.3 is 12.1 Å². The Hall–Kier alpha value is -1.12. The number of ether oxygens (including phenoxy) is 1. The van der Waals surface area contributed by atoms with Gasteiger partial charge in [-0.2, -0.15) is 22.0 Å². The minimum Gasteiger partial charge on any atom is -0.429 e. The molecule has 0 fully saturated rings. The molecule has 0 N–H and O–H groups in total. The summed E-state index contributed by atoms with van der Waals surface area (Å²) >= 11 is -0.766. The van der Waals surface area contributed by atoms with Crippen molar-refractivity contribution < 1.29 is 35.5 Å². The highest BCUT2D eigenvalue weighted by Gasteiger charge is 2.30. The van der Waals surface area contributed by atoms with E-state index in [1.165, 1.54) is 0 Å². The summed E-state index contributed by atoms with van der Waals surface area (Å²) in [7, 11) is 0. The fourth-order valence-electron chi connectivity index (χ4n) is 0.931. The van der Waals surface area contributed by atoms with Gasteiger partial charge in [0, 0.05) is 4.90 Å². The quantitative estimate of drug-likeness (QED) is 0.607. The van der Waals surface area contributed by atoms with Gasteiger partial charge in [0.25, 0.3) is 0 Å². The number of alkyl halides is 5. The Bertz CT molecular complexity index is 380. The zero-order valence-electron chi connectivity index (χ0n) is 7.69. The van der Waals surface area contributed by atoms with E-state index in [4.69, 9.17) is 0 Å². The second kappa shape index (κ2) is 5.03. The van der Waals surface area contributed by atoms with Crippen LogP contribution in [0.15, 0.2) is 17.0 Å². The Morgan fingerprint density at radius 3 is 1.88 bits per heavy atom. The van der Waals surface area contributed by atoms with Crippen molar-refractivity contribution >= 4 is 11.8 Å². The van der Waals surface area contributed by atoms with Crippen molar-refractivity contribution in [1.82, 2.24) is 0 Å². The Morgan fingerprint density at radius 2 is 1.53 bits per heavy atom. The molecule has 0 unspecified atom stereocenters. The van der Waals surface area contributed by atoms with Crippen molar-refractivity contribution in [3.8, 4) is 5.75 Å². The second-order valence-electron chi connectivity index (χ2n) is 2.64. The van der Waals surface area contributed by atoms with Gasteiger partial charge in [-0.25, -0.2) is 8.78 Å². The van der Waals surface area contributed by atoms with Crippen molar-refractivity contribution in [3.05, 3.63) is 23.8 Å². The van der Waals surface area contributed by atoms with Crippen LogP contribution in [0.25, 0.3) is 0 Å². The largest absolute Gasteiger partial charge is 0.446 e. The lowest BCUT2D eigenvalue weighted by Crippen LogP contribution is -2.06. The molecule has 96 valence electrons. The van der Waals surface area contributed by atoms with Crippen LogP contribution in [0.4, 0.5) is 30.7 Å². The van der Waals surface area contributed by atoms with Crippen molar-refractivity contribution in [2.24, 2.45) is 0 Å². The highest BCUT2D eigenvalue weighted by molar-refractivity contribution is 8.00. The minimum atomic E-state index is -4.73. The molecule has 0 saturated carbocycles. The maximum Gasteiger partial charge on any atom is 0.446 e. The van der Waals surface area contributed by atoms with E-state index in [-0.39, 0.29) is 12.1 Å². The van der Waals surface area contributed by atoms with Crippen LogP contribution in [0, 0.1) is 11.6 Å². The molecule has 0 aliphatic carbocycles.